The van der Waals surface area contributed by atoms with E-state index in [9.17, 15) is 9.59 Å². The number of ether oxygens (including phenoxy) is 1. The number of methoxy groups -OCH3 is 1. The maximum absolute atomic E-state index is 12.9. The summed E-state index contributed by atoms with van der Waals surface area (Å²) in [5.41, 5.74) is 1.24. The van der Waals surface area contributed by atoms with Gasteiger partial charge in [-0.15, -0.1) is 11.3 Å². The van der Waals surface area contributed by atoms with Gasteiger partial charge in [0.1, 0.15) is 28.5 Å². The third-order valence-electron chi connectivity index (χ3n) is 4.96. The number of rotatable bonds is 6. The van der Waals surface area contributed by atoms with Gasteiger partial charge in [-0.05, 0) is 42.1 Å². The molecule has 1 aromatic carbocycles. The van der Waals surface area contributed by atoms with E-state index >= 15 is 0 Å². The van der Waals surface area contributed by atoms with Crippen molar-refractivity contribution in [1.29, 1.82) is 0 Å². The van der Waals surface area contributed by atoms with Crippen LogP contribution < -0.4 is 15.6 Å². The number of carbonyl (C=O) groups excluding carboxylic acids is 1. The number of amides is 1. The number of nitrogens with one attached hydrogen (secondary N) is 1. The van der Waals surface area contributed by atoms with E-state index in [0.29, 0.717) is 11.9 Å². The second-order valence-corrected chi connectivity index (χ2v) is 7.74. The Morgan fingerprint density at radius 1 is 1.28 bits per heavy atom. The van der Waals surface area contributed by atoms with Crippen molar-refractivity contribution in [2.24, 2.45) is 0 Å². The van der Waals surface area contributed by atoms with Gasteiger partial charge in [-0.2, -0.15) is 5.10 Å². The van der Waals surface area contributed by atoms with Crippen LogP contribution in [0.4, 0.5) is 0 Å². The van der Waals surface area contributed by atoms with Crippen molar-refractivity contribution in [3.8, 4) is 5.75 Å². The fourth-order valence-electron chi connectivity index (χ4n) is 3.43. The van der Waals surface area contributed by atoms with Gasteiger partial charge in [0.25, 0.3) is 5.56 Å². The van der Waals surface area contributed by atoms with Gasteiger partial charge in [0.15, 0.2) is 0 Å². The zero-order valence-electron chi connectivity index (χ0n) is 16.5. The summed E-state index contributed by atoms with van der Waals surface area (Å²) >= 11 is 1.58. The van der Waals surface area contributed by atoms with Crippen LogP contribution in [0, 0.1) is 0 Å². The van der Waals surface area contributed by atoms with Crippen LogP contribution in [0.5, 0.6) is 5.75 Å². The molecule has 1 atom stereocenters. The lowest BCUT2D eigenvalue weighted by Crippen LogP contribution is -2.36. The average Bonchev–Trinajstić information content (AvgIpc) is 3.32. The lowest BCUT2D eigenvalue weighted by atomic mass is 10.1. The highest BCUT2D eigenvalue weighted by atomic mass is 32.1. The zero-order chi connectivity index (χ0) is 20.5. The van der Waals surface area contributed by atoms with E-state index in [1.807, 2.05) is 60.0 Å². The minimum atomic E-state index is -0.266. The molecule has 0 saturated heterocycles. The first kappa shape index (κ1) is 19.2. The minimum Gasteiger partial charge on any atom is -0.497 e. The summed E-state index contributed by atoms with van der Waals surface area (Å²) in [7, 11) is 1.61. The molecule has 1 amide bonds. The van der Waals surface area contributed by atoms with E-state index < -0.39 is 0 Å². The summed E-state index contributed by atoms with van der Waals surface area (Å²) in [4.78, 5) is 26.5. The topological polar surface area (TPSA) is 77.6 Å². The minimum absolute atomic E-state index is 0.123. The van der Waals surface area contributed by atoms with E-state index in [1.54, 1.807) is 18.4 Å². The van der Waals surface area contributed by atoms with Crippen molar-refractivity contribution in [2.45, 2.75) is 32.9 Å². The second-order valence-electron chi connectivity index (χ2n) is 6.84. The van der Waals surface area contributed by atoms with Gasteiger partial charge >= 0.3 is 0 Å². The lowest BCUT2D eigenvalue weighted by Gasteiger charge is -2.15. The molecule has 8 heteroatoms. The number of aromatic nitrogens is 3. The van der Waals surface area contributed by atoms with E-state index in [0.717, 1.165) is 27.4 Å². The summed E-state index contributed by atoms with van der Waals surface area (Å²) < 4.78 is 8.32. The molecule has 1 unspecified atom stereocenters. The van der Waals surface area contributed by atoms with Gasteiger partial charge in [-0.25, -0.2) is 4.68 Å². The van der Waals surface area contributed by atoms with Crippen LogP contribution in [0.2, 0.25) is 0 Å². The van der Waals surface area contributed by atoms with Gasteiger partial charge in [0.05, 0.1) is 13.2 Å². The maximum Gasteiger partial charge on any atom is 0.291 e. The number of hydrogen-bond acceptors (Lipinski definition) is 5. The molecular formula is C21H22N4O3S. The van der Waals surface area contributed by atoms with Crippen molar-refractivity contribution >= 4 is 33.0 Å². The molecule has 0 fully saturated rings. The van der Waals surface area contributed by atoms with E-state index in [2.05, 4.69) is 10.4 Å². The highest BCUT2D eigenvalue weighted by Crippen LogP contribution is 2.24. The second kappa shape index (κ2) is 7.71. The molecule has 4 aromatic rings. The Hall–Kier alpha value is -3.13. The molecule has 0 bridgehead atoms. The normalized spacial score (nSPS) is 12.4. The quantitative estimate of drug-likeness (QED) is 0.530. The molecular weight excluding hydrogens is 388 g/mol. The number of thiophene rings is 1. The Kier molecular flexibility index (Phi) is 5.10. The molecule has 150 valence electrons. The highest BCUT2D eigenvalue weighted by molar-refractivity contribution is 7.16. The molecule has 4 rings (SSSR count). The predicted molar refractivity (Wildman–Crippen MR) is 114 cm³/mol. The molecule has 0 aliphatic heterocycles. The Morgan fingerprint density at radius 3 is 2.72 bits per heavy atom. The predicted octanol–water partition coefficient (Wildman–Crippen LogP) is 3.16. The molecule has 3 aromatic heterocycles. The SMILES string of the molecule is CCc1nn(CC(=O)NC(C)c2ccc(OC)cc2)c(=O)c2cc3ccsc3n12. The van der Waals surface area contributed by atoms with Crippen LogP contribution in [0.25, 0.3) is 15.7 Å². The monoisotopic (exact) mass is 410 g/mol. The molecule has 0 aliphatic rings. The van der Waals surface area contributed by atoms with Crippen LogP contribution in [0.3, 0.4) is 0 Å². The van der Waals surface area contributed by atoms with Crippen LogP contribution >= 0.6 is 11.3 Å². The van der Waals surface area contributed by atoms with Gasteiger partial charge in [-0.3, -0.25) is 14.0 Å². The molecule has 7 nitrogen and oxygen atoms in total. The van der Waals surface area contributed by atoms with Crippen molar-refractivity contribution in [1.82, 2.24) is 19.5 Å². The van der Waals surface area contributed by atoms with Crippen LogP contribution in [0.15, 0.2) is 46.6 Å². The van der Waals surface area contributed by atoms with Crippen LogP contribution in [-0.2, 0) is 17.8 Å². The molecule has 3 heterocycles. The highest BCUT2D eigenvalue weighted by Gasteiger charge is 2.17. The Bertz CT molecular complexity index is 1240. The zero-order valence-corrected chi connectivity index (χ0v) is 17.3. The van der Waals surface area contributed by atoms with Gasteiger partial charge in [0.2, 0.25) is 5.91 Å². The first-order valence-corrected chi connectivity index (χ1v) is 10.3. The maximum atomic E-state index is 12.9. The summed E-state index contributed by atoms with van der Waals surface area (Å²) in [6.45, 7) is 3.77. The summed E-state index contributed by atoms with van der Waals surface area (Å²) in [6, 6.07) is 11.2. The smallest absolute Gasteiger partial charge is 0.291 e. The van der Waals surface area contributed by atoms with Crippen molar-refractivity contribution in [3.05, 3.63) is 63.5 Å². The fraction of sp³-hybridized carbons (Fsp3) is 0.286. The summed E-state index contributed by atoms with van der Waals surface area (Å²) in [5, 5.41) is 10.4. The third-order valence-corrected chi connectivity index (χ3v) is 5.87. The Morgan fingerprint density at radius 2 is 2.03 bits per heavy atom. The third kappa shape index (κ3) is 3.51. The fourth-order valence-corrected chi connectivity index (χ4v) is 4.35. The van der Waals surface area contributed by atoms with Crippen molar-refractivity contribution in [2.75, 3.05) is 7.11 Å². The van der Waals surface area contributed by atoms with E-state index in [1.165, 1.54) is 4.68 Å². The number of fused-ring (bicyclic) bond motifs is 3. The molecule has 0 radical (unpaired) electrons. The van der Waals surface area contributed by atoms with Gasteiger partial charge in [-0.1, -0.05) is 19.1 Å². The lowest BCUT2D eigenvalue weighted by molar-refractivity contribution is -0.122. The molecule has 1 N–H and O–H groups in total. The molecule has 0 saturated carbocycles. The average molecular weight is 410 g/mol. The number of hydrogen-bond donors (Lipinski definition) is 1. The van der Waals surface area contributed by atoms with Crippen LogP contribution in [-0.4, -0.2) is 27.2 Å². The number of aryl methyl sites for hydroxylation is 1. The molecule has 29 heavy (non-hydrogen) atoms. The van der Waals surface area contributed by atoms with Gasteiger partial charge < -0.3 is 10.1 Å². The molecule has 0 spiro atoms. The standard InChI is InChI=1S/C21H22N4O3S/c1-4-18-23-24(20(27)17-11-15-9-10-29-21(15)25(17)18)12-19(26)22-13(2)14-5-7-16(28-3)8-6-14/h5-11,13H,4,12H2,1-3H3,(H,22,26). The summed E-state index contributed by atoms with van der Waals surface area (Å²) in [6.07, 6.45) is 0.655. The first-order valence-electron chi connectivity index (χ1n) is 9.43. The largest absolute Gasteiger partial charge is 0.497 e. The number of benzene rings is 1. The van der Waals surface area contributed by atoms with Crippen LogP contribution in [0.1, 0.15) is 31.3 Å². The van der Waals surface area contributed by atoms with Gasteiger partial charge in [0, 0.05) is 11.8 Å². The number of nitrogens with zero attached hydrogens (tertiary/aromatic N) is 3. The Labute approximate surface area is 171 Å². The van der Waals surface area contributed by atoms with Crippen molar-refractivity contribution in [3.63, 3.8) is 0 Å². The van der Waals surface area contributed by atoms with Crippen molar-refractivity contribution < 1.29 is 9.53 Å². The van der Waals surface area contributed by atoms with E-state index in [4.69, 9.17) is 4.74 Å². The first-order chi connectivity index (χ1) is 14.0. The Balaban J connectivity index is 1.59. The number of carbonyl (C=O) groups is 1. The summed E-state index contributed by atoms with van der Waals surface area (Å²) in [5.74, 6) is 1.26. The molecule has 0 aliphatic carbocycles. The van der Waals surface area contributed by atoms with E-state index in [-0.39, 0.29) is 24.1 Å².